The largest absolute Gasteiger partial charge is 0.480 e. The minimum atomic E-state index is -1.15. The van der Waals surface area contributed by atoms with Crippen molar-refractivity contribution in [3.8, 4) is 0 Å². The van der Waals surface area contributed by atoms with E-state index in [-0.39, 0.29) is 5.91 Å². The van der Waals surface area contributed by atoms with Crippen molar-refractivity contribution in [1.29, 1.82) is 0 Å². The Labute approximate surface area is 110 Å². The Morgan fingerprint density at radius 3 is 2.39 bits per heavy atom. The first-order valence-corrected chi connectivity index (χ1v) is 6.95. The molecule has 0 heterocycles. The highest BCUT2D eigenvalue weighted by Crippen LogP contribution is 2.46. The molecule has 0 atom stereocenters. The fourth-order valence-electron chi connectivity index (χ4n) is 1.76. The van der Waals surface area contributed by atoms with E-state index in [9.17, 15) is 9.59 Å². The molecule has 2 N–H and O–H groups in total. The van der Waals surface area contributed by atoms with Gasteiger partial charge in [-0.15, -0.1) is 11.8 Å². The van der Waals surface area contributed by atoms with Gasteiger partial charge in [-0.25, -0.2) is 0 Å². The number of carboxylic acids is 1. The average Bonchev–Trinajstić information content (AvgIpc) is 3.18. The van der Waals surface area contributed by atoms with E-state index < -0.39 is 11.4 Å². The molecule has 2 rings (SSSR count). The number of benzene rings is 1. The van der Waals surface area contributed by atoms with E-state index in [0.717, 1.165) is 10.5 Å². The average molecular weight is 265 g/mol. The van der Waals surface area contributed by atoms with Crippen molar-refractivity contribution in [2.75, 3.05) is 6.26 Å². The Kier molecular flexibility index (Phi) is 3.61. The monoisotopic (exact) mass is 265 g/mol. The van der Waals surface area contributed by atoms with Gasteiger partial charge in [0.2, 0.25) is 5.91 Å². The molecule has 0 bridgehead atoms. The minimum absolute atomic E-state index is 0.371. The van der Waals surface area contributed by atoms with Gasteiger partial charge >= 0.3 is 5.97 Å². The zero-order chi connectivity index (χ0) is 13.2. The Balaban J connectivity index is 1.91. The quantitative estimate of drug-likeness (QED) is 0.630. The van der Waals surface area contributed by atoms with E-state index in [1.54, 1.807) is 11.8 Å². The Morgan fingerprint density at radius 2 is 1.94 bits per heavy atom. The van der Waals surface area contributed by atoms with Crippen LogP contribution in [-0.2, 0) is 16.1 Å². The van der Waals surface area contributed by atoms with Crippen molar-refractivity contribution < 1.29 is 14.7 Å². The predicted molar refractivity (Wildman–Crippen MR) is 69.4 cm³/mol. The van der Waals surface area contributed by atoms with Crippen molar-refractivity contribution in [1.82, 2.24) is 5.32 Å². The predicted octanol–water partition coefficient (Wildman–Crippen LogP) is 1.89. The maximum absolute atomic E-state index is 11.8. The number of carboxylic acid groups (broad SMARTS) is 1. The van der Waals surface area contributed by atoms with Gasteiger partial charge in [0.15, 0.2) is 0 Å². The first kappa shape index (κ1) is 13.0. The zero-order valence-electron chi connectivity index (χ0n) is 10.1. The van der Waals surface area contributed by atoms with Crippen molar-refractivity contribution >= 4 is 23.6 Å². The summed E-state index contributed by atoms with van der Waals surface area (Å²) in [5.74, 6) is -1.39. The number of thioether (sulfide) groups is 1. The molecule has 18 heavy (non-hydrogen) atoms. The standard InChI is InChI=1S/C13H15NO3S/c1-18-10-4-2-9(3-5-10)8-14-11(15)13(6-7-13)12(16)17/h2-5H,6-8H2,1H3,(H,14,15)(H,16,17). The molecule has 5 heteroatoms. The normalized spacial score (nSPS) is 16.1. The number of hydrogen-bond donors (Lipinski definition) is 2. The van der Waals surface area contributed by atoms with Gasteiger partial charge in [-0.1, -0.05) is 12.1 Å². The van der Waals surface area contributed by atoms with Gasteiger partial charge in [0.25, 0.3) is 0 Å². The van der Waals surface area contributed by atoms with Gasteiger partial charge in [-0.2, -0.15) is 0 Å². The second kappa shape index (κ2) is 5.02. The van der Waals surface area contributed by atoms with Crippen molar-refractivity contribution in [2.45, 2.75) is 24.3 Å². The molecule has 0 aliphatic heterocycles. The lowest BCUT2D eigenvalue weighted by Gasteiger charge is -2.10. The maximum Gasteiger partial charge on any atom is 0.319 e. The van der Waals surface area contributed by atoms with Crippen LogP contribution in [0.25, 0.3) is 0 Å². The number of carbonyl (C=O) groups is 2. The SMILES string of the molecule is CSc1ccc(CNC(=O)C2(C(=O)O)CC2)cc1. The van der Waals surface area contributed by atoms with Gasteiger partial charge in [0, 0.05) is 11.4 Å². The Bertz CT molecular complexity index is 466. The molecule has 1 saturated carbocycles. The Hall–Kier alpha value is -1.49. The fraction of sp³-hybridized carbons (Fsp3) is 0.385. The highest BCUT2D eigenvalue weighted by molar-refractivity contribution is 7.98. The van der Waals surface area contributed by atoms with Gasteiger partial charge in [0.05, 0.1) is 0 Å². The van der Waals surface area contributed by atoms with Crippen LogP contribution in [0.3, 0.4) is 0 Å². The van der Waals surface area contributed by atoms with Crippen LogP contribution in [-0.4, -0.2) is 23.2 Å². The number of aliphatic carboxylic acids is 1. The molecule has 4 nitrogen and oxygen atoms in total. The zero-order valence-corrected chi connectivity index (χ0v) is 10.9. The summed E-state index contributed by atoms with van der Waals surface area (Å²) in [5.41, 5.74) is -0.179. The minimum Gasteiger partial charge on any atom is -0.480 e. The molecule has 1 aliphatic rings. The molecule has 1 aromatic carbocycles. The molecule has 0 aromatic heterocycles. The summed E-state index contributed by atoms with van der Waals surface area (Å²) in [7, 11) is 0. The van der Waals surface area contributed by atoms with Gasteiger partial charge in [-0.05, 0) is 36.8 Å². The van der Waals surface area contributed by atoms with Crippen molar-refractivity contribution in [3.63, 3.8) is 0 Å². The topological polar surface area (TPSA) is 66.4 Å². The molecule has 1 aliphatic carbocycles. The van der Waals surface area contributed by atoms with E-state index >= 15 is 0 Å². The van der Waals surface area contributed by atoms with Crippen LogP contribution < -0.4 is 5.32 Å². The fourth-order valence-corrected chi connectivity index (χ4v) is 2.17. The van der Waals surface area contributed by atoms with Gasteiger partial charge < -0.3 is 10.4 Å². The second-order valence-corrected chi connectivity index (χ2v) is 5.30. The lowest BCUT2D eigenvalue weighted by molar-refractivity contribution is -0.149. The summed E-state index contributed by atoms with van der Waals surface area (Å²) < 4.78 is 0. The number of carbonyl (C=O) groups excluding carboxylic acids is 1. The molecule has 1 aromatic rings. The van der Waals surface area contributed by atoms with Gasteiger partial charge in [-0.3, -0.25) is 9.59 Å². The second-order valence-electron chi connectivity index (χ2n) is 4.42. The molecular weight excluding hydrogens is 250 g/mol. The lowest BCUT2D eigenvalue weighted by atomic mass is 10.1. The Morgan fingerprint density at radius 1 is 1.33 bits per heavy atom. The summed E-state index contributed by atoms with van der Waals surface area (Å²) in [5, 5.41) is 11.7. The van der Waals surface area contributed by atoms with E-state index in [4.69, 9.17) is 5.11 Å². The smallest absolute Gasteiger partial charge is 0.319 e. The molecule has 0 unspecified atom stereocenters. The molecule has 0 saturated heterocycles. The van der Waals surface area contributed by atoms with E-state index in [1.807, 2.05) is 30.5 Å². The molecule has 96 valence electrons. The van der Waals surface area contributed by atoms with E-state index in [2.05, 4.69) is 5.32 Å². The summed E-state index contributed by atoms with van der Waals surface area (Å²) in [6, 6.07) is 7.84. The van der Waals surface area contributed by atoms with Crippen LogP contribution in [0.1, 0.15) is 18.4 Å². The first-order valence-electron chi connectivity index (χ1n) is 5.73. The summed E-state index contributed by atoms with van der Waals surface area (Å²) >= 11 is 1.66. The van der Waals surface area contributed by atoms with Gasteiger partial charge in [0.1, 0.15) is 5.41 Å². The number of amides is 1. The molecule has 1 fully saturated rings. The van der Waals surface area contributed by atoms with Crippen molar-refractivity contribution in [2.24, 2.45) is 5.41 Å². The number of rotatable bonds is 5. The third kappa shape index (κ3) is 2.51. The lowest BCUT2D eigenvalue weighted by Crippen LogP contribution is -2.36. The summed E-state index contributed by atoms with van der Waals surface area (Å²) in [6.07, 6.45) is 2.89. The molecule has 0 spiro atoms. The number of hydrogen-bond acceptors (Lipinski definition) is 3. The van der Waals surface area contributed by atoms with Crippen LogP contribution in [0, 0.1) is 5.41 Å². The highest BCUT2D eigenvalue weighted by atomic mass is 32.2. The third-order valence-corrected chi connectivity index (χ3v) is 3.95. The highest BCUT2D eigenvalue weighted by Gasteiger charge is 2.56. The molecule has 1 amide bonds. The molecule has 0 radical (unpaired) electrons. The first-order chi connectivity index (χ1) is 8.58. The van der Waals surface area contributed by atoms with E-state index in [0.29, 0.717) is 19.4 Å². The van der Waals surface area contributed by atoms with Crippen molar-refractivity contribution in [3.05, 3.63) is 29.8 Å². The van der Waals surface area contributed by atoms with Crippen LogP contribution in [0.2, 0.25) is 0 Å². The maximum atomic E-state index is 11.8. The number of nitrogens with one attached hydrogen (secondary N) is 1. The van der Waals surface area contributed by atoms with Crippen LogP contribution >= 0.6 is 11.8 Å². The summed E-state index contributed by atoms with van der Waals surface area (Å²) in [6.45, 7) is 0.378. The van der Waals surface area contributed by atoms with Crippen LogP contribution in [0.15, 0.2) is 29.2 Å². The van der Waals surface area contributed by atoms with Crippen LogP contribution in [0.4, 0.5) is 0 Å². The van der Waals surface area contributed by atoms with E-state index in [1.165, 1.54) is 0 Å². The summed E-state index contributed by atoms with van der Waals surface area (Å²) in [4.78, 5) is 23.9. The molecular formula is C13H15NO3S. The van der Waals surface area contributed by atoms with Crippen LogP contribution in [0.5, 0.6) is 0 Å². The third-order valence-electron chi connectivity index (χ3n) is 3.21.